The quantitative estimate of drug-likeness (QED) is 0.129. The molecule has 0 radical (unpaired) electrons. The van der Waals surface area contributed by atoms with Gasteiger partial charge in [0, 0.05) is 11.1 Å². The number of rotatable bonds is 9. The van der Waals surface area contributed by atoms with Crippen molar-refractivity contribution < 1.29 is 33.7 Å². The number of esters is 1. The van der Waals surface area contributed by atoms with E-state index in [2.05, 4.69) is 11.6 Å². The fourth-order valence-electron chi connectivity index (χ4n) is 4.37. The summed E-state index contributed by atoms with van der Waals surface area (Å²) in [4.78, 5) is 45.5. The standard InChI is InChI=1S/C29H28N2O7S/c1-6-14-38-28(35)26-17(4)30-29(39-26)31-23(19-10-8-9-11-21(19)37-7-2)22(25(33)27(31)34)24(32)18-12-13-20(36-5)16(3)15-18/h6,8-13,15,23,32H,1,7,14H2,2-5H3/b24-22+/t23-/m0/s1. The first-order valence-corrected chi connectivity index (χ1v) is 13.0. The number of aromatic nitrogens is 1. The summed E-state index contributed by atoms with van der Waals surface area (Å²) >= 11 is 0.927. The van der Waals surface area contributed by atoms with E-state index in [-0.39, 0.29) is 27.9 Å². The van der Waals surface area contributed by atoms with Crippen LogP contribution in [-0.2, 0) is 14.3 Å². The lowest BCUT2D eigenvalue weighted by Gasteiger charge is -2.24. The number of carbonyl (C=O) groups excluding carboxylic acids is 3. The molecule has 3 aromatic rings. The number of anilines is 1. The van der Waals surface area contributed by atoms with Gasteiger partial charge in [-0.1, -0.05) is 42.2 Å². The summed E-state index contributed by atoms with van der Waals surface area (Å²) in [6.45, 7) is 9.13. The third-order valence-electron chi connectivity index (χ3n) is 6.14. The number of benzene rings is 2. The predicted octanol–water partition coefficient (Wildman–Crippen LogP) is 5.14. The SMILES string of the molecule is C=CCOC(=O)c1sc(N2C(=O)C(=O)/C(=C(/O)c3ccc(OC)c(C)c3)[C@@H]2c2ccccc2OCC)nc1C. The number of ether oxygens (including phenoxy) is 3. The smallest absolute Gasteiger partial charge is 0.350 e. The molecule has 2 heterocycles. The summed E-state index contributed by atoms with van der Waals surface area (Å²) in [5.74, 6) is -1.70. The normalized spacial score (nSPS) is 16.3. The van der Waals surface area contributed by atoms with Gasteiger partial charge in [0.25, 0.3) is 5.78 Å². The molecule has 0 unspecified atom stereocenters. The van der Waals surface area contributed by atoms with Gasteiger partial charge in [0.2, 0.25) is 0 Å². The number of para-hydroxylation sites is 1. The number of hydrogen-bond acceptors (Lipinski definition) is 9. The van der Waals surface area contributed by atoms with Crippen molar-refractivity contribution in [3.8, 4) is 11.5 Å². The number of Topliss-reactive ketones (excluding diaryl/α,β-unsaturated/α-hetero) is 1. The van der Waals surface area contributed by atoms with E-state index in [4.69, 9.17) is 14.2 Å². The van der Waals surface area contributed by atoms with Gasteiger partial charge in [-0.05, 0) is 50.6 Å². The first-order valence-electron chi connectivity index (χ1n) is 12.2. The number of aryl methyl sites for hydroxylation is 2. The Bertz CT molecular complexity index is 1490. The molecule has 1 N–H and O–H groups in total. The Hall–Kier alpha value is -4.44. The van der Waals surface area contributed by atoms with Crippen molar-refractivity contribution in [1.82, 2.24) is 4.98 Å². The highest BCUT2D eigenvalue weighted by molar-refractivity contribution is 7.17. The van der Waals surface area contributed by atoms with Crippen molar-refractivity contribution in [3.05, 3.63) is 88.0 Å². The number of nitrogens with zero attached hydrogens (tertiary/aromatic N) is 2. The van der Waals surface area contributed by atoms with Crippen LogP contribution >= 0.6 is 11.3 Å². The van der Waals surface area contributed by atoms with Crippen molar-refractivity contribution in [2.45, 2.75) is 26.8 Å². The average Bonchev–Trinajstić information content (AvgIpc) is 3.43. The average molecular weight is 549 g/mol. The topological polar surface area (TPSA) is 115 Å². The van der Waals surface area contributed by atoms with E-state index in [9.17, 15) is 19.5 Å². The maximum Gasteiger partial charge on any atom is 0.350 e. The van der Waals surface area contributed by atoms with Crippen molar-refractivity contribution in [2.24, 2.45) is 0 Å². The minimum Gasteiger partial charge on any atom is -0.507 e. The van der Waals surface area contributed by atoms with Gasteiger partial charge < -0.3 is 19.3 Å². The van der Waals surface area contributed by atoms with Crippen LogP contribution in [0.2, 0.25) is 0 Å². The molecule has 0 spiro atoms. The lowest BCUT2D eigenvalue weighted by atomic mass is 9.94. The second kappa shape index (κ2) is 11.5. The Labute approximate surface area is 230 Å². The first-order chi connectivity index (χ1) is 18.7. The molecule has 4 rings (SSSR count). The molecule has 9 nitrogen and oxygen atoms in total. The Morgan fingerprint density at radius 1 is 1.18 bits per heavy atom. The molecule has 202 valence electrons. The van der Waals surface area contributed by atoms with Crippen molar-refractivity contribution in [2.75, 3.05) is 25.2 Å². The van der Waals surface area contributed by atoms with Crippen molar-refractivity contribution >= 4 is 39.9 Å². The highest BCUT2D eigenvalue weighted by Crippen LogP contribution is 2.46. The molecule has 1 aliphatic heterocycles. The number of methoxy groups -OCH3 is 1. The second-order valence-electron chi connectivity index (χ2n) is 8.62. The van der Waals surface area contributed by atoms with E-state index in [1.54, 1.807) is 56.3 Å². The third-order valence-corrected chi connectivity index (χ3v) is 7.27. The fourth-order valence-corrected chi connectivity index (χ4v) is 5.36. The van der Waals surface area contributed by atoms with E-state index in [0.717, 1.165) is 16.9 Å². The summed E-state index contributed by atoms with van der Waals surface area (Å²) in [6.07, 6.45) is 1.44. The fraction of sp³-hybridized carbons (Fsp3) is 0.241. The number of amides is 1. The Morgan fingerprint density at radius 3 is 2.59 bits per heavy atom. The monoisotopic (exact) mass is 548 g/mol. The van der Waals surface area contributed by atoms with Crippen LogP contribution in [0, 0.1) is 13.8 Å². The summed E-state index contributed by atoms with van der Waals surface area (Å²) in [6, 6.07) is 10.9. The first kappa shape index (κ1) is 27.6. The van der Waals surface area contributed by atoms with Crippen LogP contribution in [0.25, 0.3) is 5.76 Å². The molecule has 39 heavy (non-hydrogen) atoms. The third kappa shape index (κ3) is 5.15. The zero-order valence-electron chi connectivity index (χ0n) is 22.0. The summed E-state index contributed by atoms with van der Waals surface area (Å²) in [5.41, 5.74) is 1.78. The number of ketones is 1. The summed E-state index contributed by atoms with van der Waals surface area (Å²) < 4.78 is 16.3. The molecular weight excluding hydrogens is 520 g/mol. The largest absolute Gasteiger partial charge is 0.507 e. The van der Waals surface area contributed by atoms with Gasteiger partial charge in [0.1, 0.15) is 34.8 Å². The van der Waals surface area contributed by atoms with Gasteiger partial charge in [-0.25, -0.2) is 9.78 Å². The number of hydrogen-bond donors (Lipinski definition) is 1. The zero-order valence-corrected chi connectivity index (χ0v) is 22.8. The lowest BCUT2D eigenvalue weighted by molar-refractivity contribution is -0.132. The molecular formula is C29H28N2O7S. The van der Waals surface area contributed by atoms with E-state index >= 15 is 0 Å². The molecule has 0 saturated carbocycles. The van der Waals surface area contributed by atoms with Gasteiger partial charge in [0.05, 0.1) is 25.0 Å². The Kier molecular flexibility index (Phi) is 8.15. The van der Waals surface area contributed by atoms with Crippen LogP contribution in [0.15, 0.2) is 60.7 Å². The number of aliphatic hydroxyl groups excluding tert-OH is 1. The molecule has 0 aliphatic carbocycles. The van der Waals surface area contributed by atoms with Crippen molar-refractivity contribution in [1.29, 1.82) is 0 Å². The van der Waals surface area contributed by atoms with E-state index in [0.29, 0.717) is 34.9 Å². The van der Waals surface area contributed by atoms with Crippen LogP contribution in [0.3, 0.4) is 0 Å². The van der Waals surface area contributed by atoms with Gasteiger partial charge in [-0.3, -0.25) is 14.5 Å². The number of thiazole rings is 1. The number of aliphatic hydroxyl groups is 1. The summed E-state index contributed by atoms with van der Waals surface area (Å²) in [5, 5.41) is 11.6. The highest BCUT2D eigenvalue weighted by atomic mass is 32.1. The van der Waals surface area contributed by atoms with Crippen LogP contribution in [0.5, 0.6) is 11.5 Å². The lowest BCUT2D eigenvalue weighted by Crippen LogP contribution is -2.29. The van der Waals surface area contributed by atoms with Gasteiger partial charge in [-0.15, -0.1) is 0 Å². The molecule has 0 bridgehead atoms. The van der Waals surface area contributed by atoms with Gasteiger partial charge >= 0.3 is 11.9 Å². The maximum absolute atomic E-state index is 13.5. The van der Waals surface area contributed by atoms with Crippen LogP contribution < -0.4 is 14.4 Å². The predicted molar refractivity (Wildman–Crippen MR) is 147 cm³/mol. The van der Waals surface area contributed by atoms with Crippen LogP contribution in [0.4, 0.5) is 5.13 Å². The molecule has 1 aromatic heterocycles. The molecule has 1 fully saturated rings. The molecule has 1 saturated heterocycles. The Morgan fingerprint density at radius 2 is 1.92 bits per heavy atom. The zero-order chi connectivity index (χ0) is 28.3. The Balaban J connectivity index is 1.93. The van der Waals surface area contributed by atoms with Gasteiger partial charge in [-0.2, -0.15) is 0 Å². The second-order valence-corrected chi connectivity index (χ2v) is 9.60. The van der Waals surface area contributed by atoms with E-state index < -0.39 is 23.7 Å². The van der Waals surface area contributed by atoms with Crippen molar-refractivity contribution in [3.63, 3.8) is 0 Å². The molecule has 2 aromatic carbocycles. The van der Waals surface area contributed by atoms with Crippen LogP contribution in [0.1, 0.15) is 45.0 Å². The minimum absolute atomic E-state index is 0.0129. The molecule has 1 atom stereocenters. The van der Waals surface area contributed by atoms with E-state index in [1.807, 2.05) is 6.92 Å². The van der Waals surface area contributed by atoms with Crippen LogP contribution in [-0.4, -0.2) is 48.1 Å². The molecule has 1 amide bonds. The number of carbonyl (C=O) groups is 3. The minimum atomic E-state index is -1.07. The van der Waals surface area contributed by atoms with E-state index in [1.165, 1.54) is 18.1 Å². The van der Waals surface area contributed by atoms with Gasteiger partial charge in [0.15, 0.2) is 5.13 Å². The summed E-state index contributed by atoms with van der Waals surface area (Å²) in [7, 11) is 1.54. The highest BCUT2D eigenvalue weighted by Gasteiger charge is 2.49. The maximum atomic E-state index is 13.5. The molecule has 1 aliphatic rings. The molecule has 10 heteroatoms.